The monoisotopic (exact) mass is 320 g/mol. The van der Waals surface area contributed by atoms with Crippen molar-refractivity contribution in [3.63, 3.8) is 0 Å². The van der Waals surface area contributed by atoms with E-state index in [1.165, 1.54) is 44.5 Å². The van der Waals surface area contributed by atoms with Gasteiger partial charge in [0.25, 0.3) is 0 Å². The topological polar surface area (TPSA) is 32.3 Å². The van der Waals surface area contributed by atoms with Gasteiger partial charge in [-0.2, -0.15) is 16.9 Å². The molecule has 1 saturated carbocycles. The van der Waals surface area contributed by atoms with Crippen molar-refractivity contribution in [2.24, 2.45) is 5.41 Å². The Morgan fingerprint density at radius 3 is 2.59 bits per heavy atom. The standard InChI is InChI=1S/C17H28N4S/c1-15-5-6-16(19-18-15)21-10-4-9-20(11-12-21)13-17(14-22-2)7-3-8-17/h5-6H,3-4,7-14H2,1-2H3. The molecule has 2 fully saturated rings. The molecule has 3 rings (SSSR count). The second-order valence-electron chi connectivity index (χ2n) is 6.94. The largest absolute Gasteiger partial charge is 0.354 e. The summed E-state index contributed by atoms with van der Waals surface area (Å²) in [6.45, 7) is 7.85. The van der Waals surface area contributed by atoms with E-state index in [1.54, 1.807) is 0 Å². The zero-order valence-electron chi connectivity index (χ0n) is 13.9. The Bertz CT molecular complexity index is 472. The fourth-order valence-corrected chi connectivity index (χ4v) is 4.72. The van der Waals surface area contributed by atoms with Crippen LogP contribution in [-0.2, 0) is 0 Å². The van der Waals surface area contributed by atoms with E-state index in [0.29, 0.717) is 5.41 Å². The lowest BCUT2D eigenvalue weighted by Gasteiger charge is -2.44. The van der Waals surface area contributed by atoms with Crippen LogP contribution in [0.3, 0.4) is 0 Å². The number of aryl methyl sites for hydroxylation is 1. The predicted molar refractivity (Wildman–Crippen MR) is 94.7 cm³/mol. The molecule has 1 aliphatic carbocycles. The lowest BCUT2D eigenvalue weighted by Crippen LogP contribution is -2.45. The minimum atomic E-state index is 0.609. The van der Waals surface area contributed by atoms with Crippen molar-refractivity contribution in [1.29, 1.82) is 0 Å². The fraction of sp³-hybridized carbons (Fsp3) is 0.765. The number of aromatic nitrogens is 2. The number of hydrogen-bond donors (Lipinski definition) is 0. The number of anilines is 1. The third-order valence-electron chi connectivity index (χ3n) is 5.12. The molecular weight excluding hydrogens is 292 g/mol. The van der Waals surface area contributed by atoms with Gasteiger partial charge < -0.3 is 9.80 Å². The summed E-state index contributed by atoms with van der Waals surface area (Å²) in [7, 11) is 0. The third-order valence-corrected chi connectivity index (χ3v) is 6.02. The summed E-state index contributed by atoms with van der Waals surface area (Å²) < 4.78 is 0. The number of hydrogen-bond acceptors (Lipinski definition) is 5. The Kier molecular flexibility index (Phi) is 5.24. The second kappa shape index (κ2) is 7.18. The Labute approximate surface area is 138 Å². The highest BCUT2D eigenvalue weighted by atomic mass is 32.2. The molecule has 0 unspecified atom stereocenters. The minimum Gasteiger partial charge on any atom is -0.354 e. The van der Waals surface area contributed by atoms with Gasteiger partial charge in [0.05, 0.1) is 5.69 Å². The quantitative estimate of drug-likeness (QED) is 0.833. The molecule has 1 aromatic heterocycles. The Morgan fingerprint density at radius 2 is 1.95 bits per heavy atom. The predicted octanol–water partition coefficient (Wildman–Crippen LogP) is 2.83. The summed E-state index contributed by atoms with van der Waals surface area (Å²) >= 11 is 2.02. The zero-order valence-corrected chi connectivity index (χ0v) is 14.7. The summed E-state index contributed by atoms with van der Waals surface area (Å²) in [6, 6.07) is 4.17. The smallest absolute Gasteiger partial charge is 0.151 e. The second-order valence-corrected chi connectivity index (χ2v) is 7.80. The van der Waals surface area contributed by atoms with E-state index < -0.39 is 0 Å². The lowest BCUT2D eigenvalue weighted by molar-refractivity contribution is 0.0941. The van der Waals surface area contributed by atoms with Gasteiger partial charge in [-0.15, -0.1) is 5.10 Å². The SMILES string of the molecule is CSCC1(CN2CCCN(c3ccc(C)nn3)CC2)CCC1. The van der Waals surface area contributed by atoms with Crippen molar-refractivity contribution in [1.82, 2.24) is 15.1 Å². The van der Waals surface area contributed by atoms with Crippen LogP contribution in [0.15, 0.2) is 12.1 Å². The molecule has 2 aliphatic rings. The number of thioether (sulfide) groups is 1. The highest BCUT2D eigenvalue weighted by Crippen LogP contribution is 2.43. The summed E-state index contributed by atoms with van der Waals surface area (Å²) in [5, 5.41) is 8.56. The molecule has 122 valence electrons. The van der Waals surface area contributed by atoms with Gasteiger partial charge in [0.1, 0.15) is 0 Å². The first kappa shape index (κ1) is 16.1. The van der Waals surface area contributed by atoms with Gasteiger partial charge in [0.2, 0.25) is 0 Å². The van der Waals surface area contributed by atoms with Crippen LogP contribution >= 0.6 is 11.8 Å². The Balaban J connectivity index is 1.56. The first-order valence-electron chi connectivity index (χ1n) is 8.47. The van der Waals surface area contributed by atoms with E-state index in [-0.39, 0.29) is 0 Å². The van der Waals surface area contributed by atoms with Crippen LogP contribution in [0.1, 0.15) is 31.4 Å². The molecule has 0 aromatic carbocycles. The Morgan fingerprint density at radius 1 is 1.09 bits per heavy atom. The zero-order chi connectivity index (χ0) is 15.4. The molecule has 0 bridgehead atoms. The van der Waals surface area contributed by atoms with Crippen molar-refractivity contribution in [2.75, 3.05) is 49.6 Å². The first-order chi connectivity index (χ1) is 10.7. The van der Waals surface area contributed by atoms with E-state index in [0.717, 1.165) is 31.1 Å². The van der Waals surface area contributed by atoms with Gasteiger partial charge >= 0.3 is 0 Å². The van der Waals surface area contributed by atoms with Crippen LogP contribution in [0.2, 0.25) is 0 Å². The maximum absolute atomic E-state index is 4.35. The van der Waals surface area contributed by atoms with Gasteiger partial charge in [-0.25, -0.2) is 0 Å². The summed E-state index contributed by atoms with van der Waals surface area (Å²) in [5.41, 5.74) is 1.60. The van der Waals surface area contributed by atoms with Gasteiger partial charge in [-0.1, -0.05) is 6.42 Å². The van der Waals surface area contributed by atoms with Crippen LogP contribution in [0.5, 0.6) is 0 Å². The molecule has 0 spiro atoms. The molecule has 0 amide bonds. The van der Waals surface area contributed by atoms with Crippen LogP contribution in [0, 0.1) is 12.3 Å². The van der Waals surface area contributed by atoms with Crippen LogP contribution in [-0.4, -0.2) is 59.8 Å². The molecule has 2 heterocycles. The molecule has 22 heavy (non-hydrogen) atoms. The van der Waals surface area contributed by atoms with E-state index in [1.807, 2.05) is 18.7 Å². The van der Waals surface area contributed by atoms with E-state index in [9.17, 15) is 0 Å². The van der Waals surface area contributed by atoms with Gasteiger partial charge in [0.15, 0.2) is 5.82 Å². The molecule has 0 N–H and O–H groups in total. The van der Waals surface area contributed by atoms with Crippen molar-refractivity contribution >= 4 is 17.6 Å². The number of rotatable bonds is 5. The highest BCUT2D eigenvalue weighted by Gasteiger charge is 2.38. The summed E-state index contributed by atoms with van der Waals surface area (Å²) in [6.07, 6.45) is 7.76. The molecule has 1 aromatic rings. The lowest BCUT2D eigenvalue weighted by atomic mass is 9.70. The molecule has 0 radical (unpaired) electrons. The van der Waals surface area contributed by atoms with Crippen molar-refractivity contribution < 1.29 is 0 Å². The van der Waals surface area contributed by atoms with Crippen LogP contribution < -0.4 is 4.90 Å². The molecule has 5 heteroatoms. The third kappa shape index (κ3) is 3.74. The van der Waals surface area contributed by atoms with E-state index >= 15 is 0 Å². The summed E-state index contributed by atoms with van der Waals surface area (Å²) in [4.78, 5) is 5.09. The number of nitrogens with zero attached hydrogens (tertiary/aromatic N) is 4. The average Bonchev–Trinajstić information content (AvgIpc) is 2.71. The molecule has 4 nitrogen and oxygen atoms in total. The van der Waals surface area contributed by atoms with Gasteiger partial charge in [-0.05, 0) is 62.3 Å². The maximum atomic E-state index is 4.35. The average molecular weight is 321 g/mol. The highest BCUT2D eigenvalue weighted by molar-refractivity contribution is 7.98. The van der Waals surface area contributed by atoms with Crippen molar-refractivity contribution in [3.05, 3.63) is 17.8 Å². The minimum absolute atomic E-state index is 0.609. The van der Waals surface area contributed by atoms with Gasteiger partial charge in [0, 0.05) is 26.2 Å². The van der Waals surface area contributed by atoms with Crippen LogP contribution in [0.4, 0.5) is 5.82 Å². The molecule has 0 atom stereocenters. The molecule has 1 aliphatic heterocycles. The molecular formula is C17H28N4S. The van der Waals surface area contributed by atoms with Crippen LogP contribution in [0.25, 0.3) is 0 Å². The van der Waals surface area contributed by atoms with E-state index in [2.05, 4.69) is 38.4 Å². The van der Waals surface area contributed by atoms with E-state index in [4.69, 9.17) is 0 Å². The fourth-order valence-electron chi connectivity index (χ4n) is 3.72. The maximum Gasteiger partial charge on any atom is 0.151 e. The first-order valence-corrected chi connectivity index (χ1v) is 9.87. The van der Waals surface area contributed by atoms with Crippen molar-refractivity contribution in [2.45, 2.75) is 32.6 Å². The Hall–Kier alpha value is -0.810. The molecule has 1 saturated heterocycles. The van der Waals surface area contributed by atoms with Gasteiger partial charge in [-0.3, -0.25) is 0 Å². The van der Waals surface area contributed by atoms with Crippen molar-refractivity contribution in [3.8, 4) is 0 Å². The normalized spacial score (nSPS) is 22.2. The summed E-state index contributed by atoms with van der Waals surface area (Å²) in [5.74, 6) is 2.37.